The van der Waals surface area contributed by atoms with Gasteiger partial charge in [-0.15, -0.1) is 0 Å². The van der Waals surface area contributed by atoms with E-state index in [9.17, 15) is 4.79 Å². The van der Waals surface area contributed by atoms with Crippen LogP contribution < -0.4 is 0 Å². The summed E-state index contributed by atoms with van der Waals surface area (Å²) in [6, 6.07) is 0. The van der Waals surface area contributed by atoms with Crippen molar-refractivity contribution in [2.24, 2.45) is 0 Å². The van der Waals surface area contributed by atoms with Crippen LogP contribution in [0.15, 0.2) is 12.2 Å². The Morgan fingerprint density at radius 2 is 0.714 bits per heavy atom. The number of hydrogen-bond donors (Lipinski definition) is 0. The molecule has 0 atom stereocenters. The number of rotatable bonds is 30. The van der Waals surface area contributed by atoms with Crippen LogP contribution in [0.1, 0.15) is 194 Å². The molecule has 1 heteroatoms. The van der Waals surface area contributed by atoms with E-state index >= 15 is 0 Å². The molecule has 0 amide bonds. The maximum Gasteiger partial charge on any atom is 0.136 e. The third-order valence-corrected chi connectivity index (χ3v) is 7.36. The first-order chi connectivity index (χ1) is 17.3. The van der Waals surface area contributed by atoms with Crippen molar-refractivity contribution >= 4 is 5.78 Å². The van der Waals surface area contributed by atoms with Crippen molar-refractivity contribution < 1.29 is 4.79 Å². The van der Waals surface area contributed by atoms with Gasteiger partial charge in [-0.2, -0.15) is 0 Å². The fourth-order valence-electron chi connectivity index (χ4n) is 4.90. The maximum absolute atomic E-state index is 12.0. The monoisotopic (exact) mass is 490 g/mol. The largest absolute Gasteiger partial charge is 0.299 e. The Morgan fingerprint density at radius 3 is 1.11 bits per heavy atom. The van der Waals surface area contributed by atoms with Crippen LogP contribution in [0.25, 0.3) is 0 Å². The van der Waals surface area contributed by atoms with E-state index in [0.29, 0.717) is 5.78 Å². The molecule has 0 aliphatic rings. The lowest BCUT2D eigenvalue weighted by Gasteiger charge is -2.04. The van der Waals surface area contributed by atoms with Crippen LogP contribution >= 0.6 is 0 Å². The standard InChI is InChI=1S/C34H65O/c1-3-5-7-9-11-13-15-17-19-21-23-25-27-29-31-33-34(35)32-30-28-26-24-22-20-18-16-14-12-10-8-6-4-2/h17,19,32H,3-16,18,20-31,33H2,1-2H3/b19-17-. The highest BCUT2D eigenvalue weighted by molar-refractivity contribution is 5.86. The molecule has 35 heavy (non-hydrogen) atoms. The summed E-state index contributed by atoms with van der Waals surface area (Å²) in [5.41, 5.74) is 0. The number of Topliss-reactive ketones (excluding diaryl/α,β-unsaturated/α-hetero) is 1. The molecule has 0 aliphatic carbocycles. The van der Waals surface area contributed by atoms with Crippen LogP contribution in [0, 0.1) is 6.42 Å². The van der Waals surface area contributed by atoms with Gasteiger partial charge in [0.25, 0.3) is 0 Å². The molecule has 0 spiro atoms. The molecular formula is C34H65O. The fraction of sp³-hybridized carbons (Fsp3) is 0.882. The number of hydrogen-bond acceptors (Lipinski definition) is 1. The van der Waals surface area contributed by atoms with Crippen LogP contribution in [-0.4, -0.2) is 5.78 Å². The predicted molar refractivity (Wildman–Crippen MR) is 159 cm³/mol. The molecule has 0 saturated heterocycles. The molecular weight excluding hydrogens is 424 g/mol. The molecule has 0 rings (SSSR count). The summed E-state index contributed by atoms with van der Waals surface area (Å²) in [4.78, 5) is 12.0. The number of allylic oxidation sites excluding steroid dienone is 2. The fourth-order valence-corrected chi connectivity index (χ4v) is 4.90. The molecule has 0 aromatic heterocycles. The van der Waals surface area contributed by atoms with E-state index in [2.05, 4.69) is 26.0 Å². The lowest BCUT2D eigenvalue weighted by molar-refractivity contribution is -0.116. The van der Waals surface area contributed by atoms with Crippen molar-refractivity contribution in [3.05, 3.63) is 18.6 Å². The number of ketones is 1. The predicted octanol–water partition coefficient (Wildman–Crippen LogP) is 12.3. The second-order valence-electron chi connectivity index (χ2n) is 11.0. The first-order valence-electron chi connectivity index (χ1n) is 16.3. The van der Waals surface area contributed by atoms with Gasteiger partial charge in [0.1, 0.15) is 5.78 Å². The van der Waals surface area contributed by atoms with Gasteiger partial charge in [-0.25, -0.2) is 0 Å². The van der Waals surface area contributed by atoms with Gasteiger partial charge in [-0.3, -0.25) is 4.79 Å². The summed E-state index contributed by atoms with van der Waals surface area (Å²) in [5, 5.41) is 0. The minimum absolute atomic E-state index is 0.390. The molecule has 207 valence electrons. The minimum Gasteiger partial charge on any atom is -0.299 e. The van der Waals surface area contributed by atoms with Gasteiger partial charge >= 0.3 is 0 Å². The molecule has 0 saturated carbocycles. The summed E-state index contributed by atoms with van der Waals surface area (Å²) in [6.45, 7) is 4.57. The highest BCUT2D eigenvalue weighted by Crippen LogP contribution is 2.14. The third-order valence-electron chi connectivity index (χ3n) is 7.36. The average molecular weight is 490 g/mol. The Kier molecular flexibility index (Phi) is 30.9. The second-order valence-corrected chi connectivity index (χ2v) is 11.0. The van der Waals surface area contributed by atoms with Gasteiger partial charge < -0.3 is 0 Å². The SMILES string of the molecule is CCCCCCCC/C=C\CCCCCCCC(=O)[CH]CCCCCCCCCCCCCCC. The Balaban J connectivity index is 3.19. The highest BCUT2D eigenvalue weighted by atomic mass is 16.1. The quantitative estimate of drug-likeness (QED) is 0.0724. The Hall–Kier alpha value is -0.590. The molecule has 0 N–H and O–H groups in total. The molecule has 1 radical (unpaired) electrons. The summed E-state index contributed by atoms with van der Waals surface area (Å²) in [6.07, 6.45) is 43.7. The van der Waals surface area contributed by atoms with Crippen molar-refractivity contribution in [1.29, 1.82) is 0 Å². The van der Waals surface area contributed by atoms with Crippen molar-refractivity contribution in [3.63, 3.8) is 0 Å². The molecule has 0 unspecified atom stereocenters. The average Bonchev–Trinajstić information content (AvgIpc) is 2.86. The van der Waals surface area contributed by atoms with E-state index in [4.69, 9.17) is 0 Å². The number of unbranched alkanes of at least 4 members (excludes halogenated alkanes) is 24. The molecule has 0 aromatic carbocycles. The molecule has 0 aromatic rings. The van der Waals surface area contributed by atoms with Gasteiger partial charge in [-0.1, -0.05) is 161 Å². The zero-order chi connectivity index (χ0) is 25.5. The van der Waals surface area contributed by atoms with Crippen molar-refractivity contribution in [1.82, 2.24) is 0 Å². The van der Waals surface area contributed by atoms with E-state index in [1.165, 1.54) is 161 Å². The molecule has 0 aliphatic heterocycles. The van der Waals surface area contributed by atoms with Crippen molar-refractivity contribution in [3.8, 4) is 0 Å². The smallest absolute Gasteiger partial charge is 0.136 e. The van der Waals surface area contributed by atoms with Gasteiger partial charge in [0.15, 0.2) is 0 Å². The Bertz CT molecular complexity index is 424. The van der Waals surface area contributed by atoms with E-state index in [1.807, 2.05) is 6.42 Å². The van der Waals surface area contributed by atoms with Gasteiger partial charge in [0.05, 0.1) is 0 Å². The zero-order valence-corrected chi connectivity index (χ0v) is 24.4. The second kappa shape index (κ2) is 31.4. The lowest BCUT2D eigenvalue weighted by Crippen LogP contribution is -1.98. The summed E-state index contributed by atoms with van der Waals surface area (Å²) in [5.74, 6) is 0.390. The maximum atomic E-state index is 12.0. The zero-order valence-electron chi connectivity index (χ0n) is 24.4. The van der Waals surface area contributed by atoms with Gasteiger partial charge in [0.2, 0.25) is 0 Å². The normalized spacial score (nSPS) is 11.6. The van der Waals surface area contributed by atoms with Crippen molar-refractivity contribution in [2.45, 2.75) is 194 Å². The first kappa shape index (κ1) is 34.4. The van der Waals surface area contributed by atoms with E-state index in [0.717, 1.165) is 19.3 Å². The first-order valence-corrected chi connectivity index (χ1v) is 16.3. The highest BCUT2D eigenvalue weighted by Gasteiger charge is 2.02. The van der Waals surface area contributed by atoms with Gasteiger partial charge in [0, 0.05) is 12.8 Å². The van der Waals surface area contributed by atoms with Crippen LogP contribution in [0.3, 0.4) is 0 Å². The Labute approximate surface area is 222 Å². The molecule has 1 nitrogen and oxygen atoms in total. The minimum atomic E-state index is 0.390. The number of carbonyl (C=O) groups excluding carboxylic acids is 1. The Morgan fingerprint density at radius 1 is 0.400 bits per heavy atom. The van der Waals surface area contributed by atoms with Gasteiger partial charge in [-0.05, 0) is 38.5 Å². The topological polar surface area (TPSA) is 17.1 Å². The van der Waals surface area contributed by atoms with Crippen LogP contribution in [0.5, 0.6) is 0 Å². The van der Waals surface area contributed by atoms with E-state index < -0.39 is 0 Å². The number of carbonyl (C=O) groups is 1. The van der Waals surface area contributed by atoms with Crippen LogP contribution in [0.2, 0.25) is 0 Å². The van der Waals surface area contributed by atoms with Crippen LogP contribution in [-0.2, 0) is 4.79 Å². The summed E-state index contributed by atoms with van der Waals surface area (Å²) < 4.78 is 0. The third kappa shape index (κ3) is 31.4. The molecule has 0 heterocycles. The van der Waals surface area contributed by atoms with E-state index in [-0.39, 0.29) is 0 Å². The van der Waals surface area contributed by atoms with Crippen molar-refractivity contribution in [2.75, 3.05) is 0 Å². The van der Waals surface area contributed by atoms with E-state index in [1.54, 1.807) is 0 Å². The molecule has 0 fully saturated rings. The lowest BCUT2D eigenvalue weighted by atomic mass is 10.0. The summed E-state index contributed by atoms with van der Waals surface area (Å²) in [7, 11) is 0. The molecule has 0 bridgehead atoms. The van der Waals surface area contributed by atoms with Crippen LogP contribution in [0.4, 0.5) is 0 Å². The summed E-state index contributed by atoms with van der Waals surface area (Å²) >= 11 is 0.